The van der Waals surface area contributed by atoms with Crippen molar-refractivity contribution in [2.75, 3.05) is 0 Å². The highest BCUT2D eigenvalue weighted by molar-refractivity contribution is 5.86. The van der Waals surface area contributed by atoms with Crippen LogP contribution in [0.15, 0.2) is 24.3 Å². The van der Waals surface area contributed by atoms with Crippen molar-refractivity contribution in [1.82, 2.24) is 0 Å². The summed E-state index contributed by atoms with van der Waals surface area (Å²) in [6, 6.07) is 0. The van der Waals surface area contributed by atoms with E-state index in [-0.39, 0.29) is 11.8 Å². The molecule has 0 aromatic rings. The van der Waals surface area contributed by atoms with Crippen LogP contribution in [-0.2, 0) is 4.79 Å². The smallest absolute Gasteiger partial charge is 0.146 e. The fourth-order valence-corrected chi connectivity index (χ4v) is 3.18. The van der Waals surface area contributed by atoms with Crippen LogP contribution < -0.4 is 0 Å². The maximum atomic E-state index is 12.4. The highest BCUT2D eigenvalue weighted by Crippen LogP contribution is 2.31. The predicted octanol–water partition coefficient (Wildman–Crippen LogP) is 4.54. The first kappa shape index (κ1) is 13.6. The molecule has 1 heteroatoms. The highest BCUT2D eigenvalue weighted by Gasteiger charge is 2.28. The minimum Gasteiger partial charge on any atom is -0.298 e. The van der Waals surface area contributed by atoms with Crippen LogP contribution in [-0.4, -0.2) is 5.78 Å². The maximum absolute atomic E-state index is 12.4. The van der Waals surface area contributed by atoms with E-state index < -0.39 is 0 Å². The molecule has 0 aromatic heterocycles. The van der Waals surface area contributed by atoms with Gasteiger partial charge in [0, 0.05) is 11.8 Å². The second kappa shape index (κ2) is 6.36. The third-order valence-corrected chi connectivity index (χ3v) is 4.71. The van der Waals surface area contributed by atoms with Gasteiger partial charge in [0.15, 0.2) is 0 Å². The Labute approximate surface area is 111 Å². The molecule has 0 N–H and O–H groups in total. The van der Waals surface area contributed by atoms with Gasteiger partial charge in [0.05, 0.1) is 0 Å². The van der Waals surface area contributed by atoms with E-state index in [0.29, 0.717) is 17.6 Å². The molecule has 0 radical (unpaired) electrons. The van der Waals surface area contributed by atoms with Crippen LogP contribution in [0.2, 0.25) is 0 Å². The zero-order valence-corrected chi connectivity index (χ0v) is 11.8. The zero-order valence-electron chi connectivity index (χ0n) is 11.8. The molecule has 100 valence electrons. The average molecular weight is 246 g/mol. The Bertz CT molecular complexity index is 308. The van der Waals surface area contributed by atoms with Gasteiger partial charge in [-0.25, -0.2) is 0 Å². The topological polar surface area (TPSA) is 17.1 Å². The van der Waals surface area contributed by atoms with Crippen LogP contribution in [0.4, 0.5) is 0 Å². The molecule has 0 heterocycles. The third-order valence-electron chi connectivity index (χ3n) is 4.71. The van der Waals surface area contributed by atoms with E-state index in [9.17, 15) is 4.79 Å². The first-order valence-corrected chi connectivity index (χ1v) is 7.65. The van der Waals surface area contributed by atoms with Crippen molar-refractivity contribution in [3.05, 3.63) is 24.3 Å². The van der Waals surface area contributed by atoms with Gasteiger partial charge in [-0.1, -0.05) is 38.2 Å². The SMILES string of the molecule is CCC1C=CC(C(=O)C2C=CC(CC)CC2)CC1. The molecule has 0 aromatic carbocycles. The van der Waals surface area contributed by atoms with Gasteiger partial charge < -0.3 is 0 Å². The van der Waals surface area contributed by atoms with Gasteiger partial charge in [0.2, 0.25) is 0 Å². The molecule has 2 aliphatic carbocycles. The van der Waals surface area contributed by atoms with Crippen LogP contribution in [0.5, 0.6) is 0 Å². The number of ketones is 1. The molecular weight excluding hydrogens is 220 g/mol. The van der Waals surface area contributed by atoms with Crippen LogP contribution in [0.3, 0.4) is 0 Å². The molecule has 0 amide bonds. The van der Waals surface area contributed by atoms with Gasteiger partial charge in [0.25, 0.3) is 0 Å². The summed E-state index contributed by atoms with van der Waals surface area (Å²) in [6.07, 6.45) is 15.8. The Hall–Kier alpha value is -0.850. The first-order chi connectivity index (χ1) is 8.74. The van der Waals surface area contributed by atoms with Crippen molar-refractivity contribution in [1.29, 1.82) is 0 Å². The Morgan fingerprint density at radius 2 is 1.28 bits per heavy atom. The van der Waals surface area contributed by atoms with E-state index in [4.69, 9.17) is 0 Å². The lowest BCUT2D eigenvalue weighted by atomic mass is 9.77. The molecule has 0 fully saturated rings. The zero-order chi connectivity index (χ0) is 13.0. The predicted molar refractivity (Wildman–Crippen MR) is 76.3 cm³/mol. The first-order valence-electron chi connectivity index (χ1n) is 7.65. The fraction of sp³-hybridized carbons (Fsp3) is 0.706. The number of rotatable bonds is 4. The number of allylic oxidation sites excluding steroid dienone is 4. The second-order valence-electron chi connectivity index (χ2n) is 5.88. The standard InChI is InChI=1S/C17H26O/c1-3-13-5-9-15(10-6-13)17(18)16-11-7-14(4-2)8-12-16/h5,7,9,11,13-16H,3-4,6,8,10,12H2,1-2H3. The van der Waals surface area contributed by atoms with Crippen LogP contribution >= 0.6 is 0 Å². The minimum absolute atomic E-state index is 0.195. The number of hydrogen-bond acceptors (Lipinski definition) is 1. The van der Waals surface area contributed by atoms with Gasteiger partial charge in [-0.2, -0.15) is 0 Å². The Morgan fingerprint density at radius 1 is 0.833 bits per heavy atom. The van der Waals surface area contributed by atoms with Crippen molar-refractivity contribution in [2.24, 2.45) is 23.7 Å². The Balaban J connectivity index is 1.93. The van der Waals surface area contributed by atoms with E-state index in [0.717, 1.165) is 12.8 Å². The molecule has 4 atom stereocenters. The second-order valence-corrected chi connectivity index (χ2v) is 5.88. The number of carbonyl (C=O) groups is 1. The molecule has 18 heavy (non-hydrogen) atoms. The summed E-state index contributed by atoms with van der Waals surface area (Å²) in [5.41, 5.74) is 0. The quantitative estimate of drug-likeness (QED) is 0.666. The van der Waals surface area contributed by atoms with Crippen molar-refractivity contribution in [3.8, 4) is 0 Å². The van der Waals surface area contributed by atoms with Gasteiger partial charge in [0.1, 0.15) is 5.78 Å². The molecule has 4 unspecified atom stereocenters. The monoisotopic (exact) mass is 246 g/mol. The normalized spacial score (nSPS) is 35.7. The summed E-state index contributed by atoms with van der Waals surface area (Å²) >= 11 is 0. The Morgan fingerprint density at radius 3 is 1.56 bits per heavy atom. The summed E-state index contributed by atoms with van der Waals surface area (Å²) in [6.45, 7) is 4.46. The number of carbonyl (C=O) groups excluding carboxylic acids is 1. The van der Waals surface area contributed by atoms with Gasteiger partial charge >= 0.3 is 0 Å². The van der Waals surface area contributed by atoms with Crippen LogP contribution in [0.25, 0.3) is 0 Å². The highest BCUT2D eigenvalue weighted by atomic mass is 16.1. The summed E-state index contributed by atoms with van der Waals surface area (Å²) < 4.78 is 0. The van der Waals surface area contributed by atoms with Crippen molar-refractivity contribution >= 4 is 5.78 Å². The van der Waals surface area contributed by atoms with Crippen molar-refractivity contribution in [2.45, 2.75) is 52.4 Å². The fourth-order valence-electron chi connectivity index (χ4n) is 3.18. The minimum atomic E-state index is 0.195. The largest absolute Gasteiger partial charge is 0.298 e. The third kappa shape index (κ3) is 3.13. The summed E-state index contributed by atoms with van der Waals surface area (Å²) in [5, 5.41) is 0. The molecule has 0 bridgehead atoms. The lowest BCUT2D eigenvalue weighted by Gasteiger charge is -2.26. The summed E-state index contributed by atoms with van der Waals surface area (Å²) in [5.74, 6) is 2.27. The van der Waals surface area contributed by atoms with E-state index >= 15 is 0 Å². The molecule has 0 aliphatic heterocycles. The van der Waals surface area contributed by atoms with Gasteiger partial charge in [-0.15, -0.1) is 0 Å². The molecule has 0 spiro atoms. The number of Topliss-reactive ketones (excluding diaryl/α,β-unsaturated/α-hetero) is 1. The van der Waals surface area contributed by atoms with Gasteiger partial charge in [-0.3, -0.25) is 4.79 Å². The molecule has 0 saturated heterocycles. The average Bonchev–Trinajstić information content (AvgIpc) is 2.47. The van der Waals surface area contributed by atoms with Gasteiger partial charge in [-0.05, 0) is 50.4 Å². The lowest BCUT2D eigenvalue weighted by molar-refractivity contribution is -0.124. The number of hydrogen-bond donors (Lipinski definition) is 0. The summed E-state index contributed by atoms with van der Waals surface area (Å²) in [4.78, 5) is 12.4. The van der Waals surface area contributed by atoms with Crippen LogP contribution in [0, 0.1) is 23.7 Å². The van der Waals surface area contributed by atoms with E-state index in [1.54, 1.807) is 0 Å². The Kier molecular flexibility index (Phi) is 4.79. The van der Waals surface area contributed by atoms with E-state index in [1.165, 1.54) is 25.7 Å². The molecule has 2 aliphatic rings. The molecule has 2 rings (SSSR count). The maximum Gasteiger partial charge on any atom is 0.146 e. The molecule has 0 saturated carbocycles. The lowest BCUT2D eigenvalue weighted by Crippen LogP contribution is -2.25. The van der Waals surface area contributed by atoms with Crippen molar-refractivity contribution in [3.63, 3.8) is 0 Å². The molecular formula is C17H26O. The van der Waals surface area contributed by atoms with Crippen molar-refractivity contribution < 1.29 is 4.79 Å². The van der Waals surface area contributed by atoms with E-state index in [2.05, 4.69) is 38.2 Å². The molecule has 1 nitrogen and oxygen atoms in total. The van der Waals surface area contributed by atoms with Crippen LogP contribution in [0.1, 0.15) is 52.4 Å². The summed E-state index contributed by atoms with van der Waals surface area (Å²) in [7, 11) is 0. The van der Waals surface area contributed by atoms with E-state index in [1.807, 2.05) is 0 Å².